The van der Waals surface area contributed by atoms with Gasteiger partial charge in [0, 0.05) is 30.2 Å². The highest BCUT2D eigenvalue weighted by atomic mass is 79.9. The van der Waals surface area contributed by atoms with Crippen LogP contribution in [0.3, 0.4) is 0 Å². The van der Waals surface area contributed by atoms with Gasteiger partial charge in [0.05, 0.1) is 23.1 Å². The number of non-ortho nitro benzene ring substituents is 1. The molecule has 128 valence electrons. The first-order valence-corrected chi connectivity index (χ1v) is 8.27. The number of urea groups is 1. The van der Waals surface area contributed by atoms with Crippen molar-refractivity contribution in [3.8, 4) is 0 Å². The molecule has 0 spiro atoms. The lowest BCUT2D eigenvalue weighted by atomic mass is 9.94. The Hall–Kier alpha value is -2.42. The van der Waals surface area contributed by atoms with Gasteiger partial charge in [0.2, 0.25) is 0 Å². The average Bonchev–Trinajstić information content (AvgIpc) is 2.56. The molecular weight excluding hydrogens is 382 g/mol. The van der Waals surface area contributed by atoms with Crippen molar-refractivity contribution < 1.29 is 19.2 Å². The molecule has 1 aliphatic heterocycles. The van der Waals surface area contributed by atoms with E-state index >= 15 is 0 Å². The second-order valence-corrected chi connectivity index (χ2v) is 5.57. The summed E-state index contributed by atoms with van der Waals surface area (Å²) in [7, 11) is 1.54. The summed E-state index contributed by atoms with van der Waals surface area (Å²) in [4.78, 5) is 36.4. The number of hydrogen-bond acceptors (Lipinski definition) is 5. The van der Waals surface area contributed by atoms with Crippen molar-refractivity contribution in [1.82, 2.24) is 10.2 Å². The Morgan fingerprint density at radius 3 is 2.79 bits per heavy atom. The number of hydrogen-bond donors (Lipinski definition) is 1. The van der Waals surface area contributed by atoms with Crippen molar-refractivity contribution in [2.24, 2.45) is 0 Å². The molecule has 0 radical (unpaired) electrons. The van der Waals surface area contributed by atoms with Crippen molar-refractivity contribution in [3.63, 3.8) is 0 Å². The molecule has 24 heavy (non-hydrogen) atoms. The molecule has 1 N–H and O–H groups in total. The van der Waals surface area contributed by atoms with Gasteiger partial charge >= 0.3 is 12.0 Å². The van der Waals surface area contributed by atoms with Crippen molar-refractivity contribution in [1.29, 1.82) is 0 Å². The molecule has 0 aliphatic carbocycles. The van der Waals surface area contributed by atoms with E-state index in [1.807, 2.05) is 0 Å². The maximum absolute atomic E-state index is 12.4. The average molecular weight is 398 g/mol. The number of benzene rings is 1. The smallest absolute Gasteiger partial charge is 0.338 e. The lowest BCUT2D eigenvalue weighted by Crippen LogP contribution is -2.47. The fourth-order valence-electron chi connectivity index (χ4n) is 2.44. The Balaban J connectivity index is 2.58. The van der Waals surface area contributed by atoms with Crippen molar-refractivity contribution >= 4 is 33.6 Å². The van der Waals surface area contributed by atoms with E-state index in [-0.39, 0.29) is 23.2 Å². The van der Waals surface area contributed by atoms with Crippen molar-refractivity contribution in [3.05, 3.63) is 51.2 Å². The second kappa shape index (κ2) is 7.43. The van der Waals surface area contributed by atoms with Crippen LogP contribution in [0, 0.1) is 10.1 Å². The molecule has 1 aromatic rings. The van der Waals surface area contributed by atoms with Crippen LogP contribution in [0.25, 0.3) is 0 Å². The highest BCUT2D eigenvalue weighted by Crippen LogP contribution is 2.32. The standard InChI is InChI=1S/C15H16BrN3O5/c1-3-24-14(20)12-11(8-16)18(2)15(21)17-13(12)9-5-4-6-10(7-9)19(22)23/h4-7,13H,3,8H2,1-2H3,(H,17,21)/t13-/m0/s1. The molecule has 8 nitrogen and oxygen atoms in total. The summed E-state index contributed by atoms with van der Waals surface area (Å²) in [5.41, 5.74) is 1.02. The Morgan fingerprint density at radius 1 is 1.50 bits per heavy atom. The molecule has 0 fully saturated rings. The number of carbonyl (C=O) groups is 2. The number of allylic oxidation sites excluding steroid dienone is 1. The van der Waals surface area contributed by atoms with Gasteiger partial charge in [0.25, 0.3) is 5.69 Å². The third-order valence-corrected chi connectivity index (χ3v) is 4.14. The van der Waals surface area contributed by atoms with Crippen LogP contribution in [0.2, 0.25) is 0 Å². The number of nitro groups is 1. The Bertz CT molecular complexity index is 719. The number of alkyl halides is 1. The first-order valence-electron chi connectivity index (χ1n) is 7.15. The van der Waals surface area contributed by atoms with Gasteiger partial charge in [0.1, 0.15) is 0 Å². The van der Waals surface area contributed by atoms with Crippen LogP contribution in [-0.4, -0.2) is 40.8 Å². The number of carbonyl (C=O) groups excluding carboxylic acids is 2. The van der Waals surface area contributed by atoms with Crippen molar-refractivity contribution in [2.75, 3.05) is 19.0 Å². The maximum Gasteiger partial charge on any atom is 0.338 e. The van der Waals surface area contributed by atoms with E-state index in [9.17, 15) is 19.7 Å². The summed E-state index contributed by atoms with van der Waals surface area (Å²) in [5, 5.41) is 13.9. The van der Waals surface area contributed by atoms with Gasteiger partial charge in [-0.3, -0.25) is 15.0 Å². The predicted octanol–water partition coefficient (Wildman–Crippen LogP) is 2.50. The number of nitro benzene ring substituents is 1. The molecule has 9 heteroatoms. The first kappa shape index (κ1) is 17.9. The number of esters is 1. The molecule has 0 bridgehead atoms. The minimum absolute atomic E-state index is 0.121. The minimum atomic E-state index is -0.819. The topological polar surface area (TPSA) is 102 Å². The fourth-order valence-corrected chi connectivity index (χ4v) is 3.11. The lowest BCUT2D eigenvalue weighted by molar-refractivity contribution is -0.384. The van der Waals surface area contributed by atoms with Crippen LogP contribution in [0.1, 0.15) is 18.5 Å². The Kier molecular flexibility index (Phi) is 5.55. The van der Waals surface area contributed by atoms with Gasteiger partial charge in [-0.25, -0.2) is 9.59 Å². The summed E-state index contributed by atoms with van der Waals surface area (Å²) in [6.07, 6.45) is 0. The molecular formula is C15H16BrN3O5. The van der Waals surface area contributed by atoms with Crippen molar-refractivity contribution in [2.45, 2.75) is 13.0 Å². The molecule has 2 amide bonds. The zero-order valence-electron chi connectivity index (χ0n) is 13.1. The number of nitrogens with zero attached hydrogens (tertiary/aromatic N) is 2. The van der Waals surface area contributed by atoms with E-state index in [0.29, 0.717) is 11.3 Å². The molecule has 0 aromatic heterocycles. The van der Waals surface area contributed by atoms with Gasteiger partial charge in [-0.15, -0.1) is 0 Å². The zero-order valence-corrected chi connectivity index (χ0v) is 14.7. The molecule has 1 atom stereocenters. The summed E-state index contributed by atoms with van der Waals surface area (Å²) >= 11 is 3.28. The van der Waals surface area contributed by atoms with E-state index in [1.165, 1.54) is 30.1 Å². The first-order chi connectivity index (χ1) is 11.4. The van der Waals surface area contributed by atoms with Gasteiger partial charge in [-0.1, -0.05) is 28.1 Å². The summed E-state index contributed by atoms with van der Waals surface area (Å²) in [5.74, 6) is -0.574. The SMILES string of the molecule is CCOC(=O)C1=C(CBr)N(C)C(=O)N[C@H]1c1cccc([N+](=O)[O-])c1. The number of rotatable bonds is 5. The zero-order chi connectivity index (χ0) is 17.9. The van der Waals surface area contributed by atoms with E-state index in [4.69, 9.17) is 4.74 Å². The van der Waals surface area contributed by atoms with Crippen LogP contribution in [0.5, 0.6) is 0 Å². The molecule has 0 saturated heterocycles. The van der Waals surface area contributed by atoms with Gasteiger partial charge in [-0.2, -0.15) is 0 Å². The highest BCUT2D eigenvalue weighted by Gasteiger charge is 2.36. The molecule has 0 saturated carbocycles. The third kappa shape index (κ3) is 3.40. The number of nitrogens with one attached hydrogen (secondary N) is 1. The molecule has 1 aromatic carbocycles. The van der Waals surface area contributed by atoms with Crippen LogP contribution in [-0.2, 0) is 9.53 Å². The largest absolute Gasteiger partial charge is 0.463 e. The van der Waals surface area contributed by atoms with Gasteiger partial charge in [0.15, 0.2) is 0 Å². The maximum atomic E-state index is 12.4. The Labute approximate surface area is 146 Å². The van der Waals surface area contributed by atoms with E-state index in [1.54, 1.807) is 13.0 Å². The normalized spacial score (nSPS) is 17.5. The number of halogens is 1. The van der Waals surface area contributed by atoms with Crippen LogP contribution >= 0.6 is 15.9 Å². The molecule has 0 unspecified atom stereocenters. The third-order valence-electron chi connectivity index (χ3n) is 3.61. The van der Waals surface area contributed by atoms with Crippen LogP contribution in [0.4, 0.5) is 10.5 Å². The second-order valence-electron chi connectivity index (χ2n) is 5.01. The van der Waals surface area contributed by atoms with Gasteiger partial charge in [-0.05, 0) is 12.5 Å². The van der Waals surface area contributed by atoms with E-state index in [2.05, 4.69) is 21.2 Å². The van der Waals surface area contributed by atoms with Crippen LogP contribution in [0.15, 0.2) is 35.5 Å². The minimum Gasteiger partial charge on any atom is -0.463 e. The van der Waals surface area contributed by atoms with Gasteiger partial charge < -0.3 is 10.1 Å². The lowest BCUT2D eigenvalue weighted by Gasteiger charge is -2.33. The predicted molar refractivity (Wildman–Crippen MR) is 89.6 cm³/mol. The molecule has 1 aliphatic rings. The number of ether oxygens (including phenoxy) is 1. The monoisotopic (exact) mass is 397 g/mol. The Morgan fingerprint density at radius 2 is 2.21 bits per heavy atom. The summed E-state index contributed by atoms with van der Waals surface area (Å²) < 4.78 is 5.10. The quantitative estimate of drug-likeness (QED) is 0.356. The summed E-state index contributed by atoms with van der Waals surface area (Å²) in [6.45, 7) is 1.86. The fraction of sp³-hybridized carbons (Fsp3) is 0.333. The van der Waals surface area contributed by atoms with E-state index < -0.39 is 23.0 Å². The molecule has 2 rings (SSSR count). The number of amides is 2. The summed E-state index contributed by atoms with van der Waals surface area (Å²) in [6, 6.07) is 4.58. The highest BCUT2D eigenvalue weighted by molar-refractivity contribution is 9.09. The molecule has 1 heterocycles. The van der Waals surface area contributed by atoms with E-state index in [0.717, 1.165) is 0 Å². The van der Waals surface area contributed by atoms with Crippen LogP contribution < -0.4 is 5.32 Å².